The number of fused-ring (bicyclic) bond motifs is 1. The molecule has 0 aromatic carbocycles. The molecule has 2 N–H and O–H groups in total. The van der Waals surface area contributed by atoms with Gasteiger partial charge in [0.1, 0.15) is 17.4 Å². The third-order valence-electron chi connectivity index (χ3n) is 3.70. The Balaban J connectivity index is 2.27. The maximum atomic E-state index is 13.5. The third-order valence-corrected chi connectivity index (χ3v) is 4.05. The van der Waals surface area contributed by atoms with E-state index in [1.807, 2.05) is 6.07 Å². The van der Waals surface area contributed by atoms with Gasteiger partial charge in [0.15, 0.2) is 12.3 Å². The summed E-state index contributed by atoms with van der Waals surface area (Å²) in [5, 5.41) is 9.19. The van der Waals surface area contributed by atoms with Crippen LogP contribution in [0.4, 0.5) is 8.28 Å². The molecule has 0 saturated heterocycles. The number of halogens is 2. The zero-order valence-electron chi connectivity index (χ0n) is 13.5. The summed E-state index contributed by atoms with van der Waals surface area (Å²) in [6.45, 7) is 1.58. The summed E-state index contributed by atoms with van der Waals surface area (Å²) in [4.78, 5) is 7.89. The molecule has 0 amide bonds. The lowest BCUT2D eigenvalue weighted by atomic mass is 9.99. The molecule has 0 aliphatic rings. The maximum Gasteiger partial charge on any atom is 0.213 e. The fourth-order valence-electron chi connectivity index (χ4n) is 2.55. The summed E-state index contributed by atoms with van der Waals surface area (Å²) in [6, 6.07) is 9.67. The number of pyridine rings is 2. The Kier molecular flexibility index (Phi) is 4.95. The first-order valence-corrected chi connectivity index (χ1v) is 8.05. The Morgan fingerprint density at radius 3 is 2.85 bits per heavy atom. The minimum atomic E-state index is -0.684. The van der Waals surface area contributed by atoms with E-state index in [1.54, 1.807) is 35.7 Å². The van der Waals surface area contributed by atoms with E-state index in [0.717, 1.165) is 0 Å². The average molecular weight is 370 g/mol. The number of rotatable bonds is 4. The van der Waals surface area contributed by atoms with Crippen LogP contribution in [0.2, 0.25) is 0 Å². The number of imidazole rings is 1. The van der Waals surface area contributed by atoms with Crippen LogP contribution in [0.3, 0.4) is 0 Å². The Morgan fingerprint density at radius 1 is 1.35 bits per heavy atom. The molecule has 0 unspecified atom stereocenters. The molecule has 0 aliphatic carbocycles. The third kappa shape index (κ3) is 3.27. The van der Waals surface area contributed by atoms with Crippen LogP contribution in [-0.4, -0.2) is 20.1 Å². The van der Waals surface area contributed by atoms with Gasteiger partial charge < -0.3 is 5.73 Å². The summed E-state index contributed by atoms with van der Waals surface area (Å²) < 4.78 is 31.5. The van der Waals surface area contributed by atoms with E-state index in [1.165, 1.54) is 18.3 Å². The number of allylic oxidation sites excluding steroid dienone is 1. The summed E-state index contributed by atoms with van der Waals surface area (Å²) in [6.07, 6.45) is 3.09. The van der Waals surface area contributed by atoms with Gasteiger partial charge in [-0.25, -0.2) is 9.97 Å². The van der Waals surface area contributed by atoms with Gasteiger partial charge in [-0.05, 0) is 31.2 Å². The first kappa shape index (κ1) is 17.6. The molecular weight excluding hydrogens is 358 g/mol. The first-order chi connectivity index (χ1) is 12.5. The molecule has 26 heavy (non-hydrogen) atoms. The van der Waals surface area contributed by atoms with Gasteiger partial charge in [0, 0.05) is 17.3 Å². The van der Waals surface area contributed by atoms with Gasteiger partial charge in [0.25, 0.3) is 0 Å². The number of nitrogens with two attached hydrogens (primary N) is 1. The summed E-state index contributed by atoms with van der Waals surface area (Å²) in [5.74, 6) is -0.684. The largest absolute Gasteiger partial charge is 0.396 e. The summed E-state index contributed by atoms with van der Waals surface area (Å²) in [5.41, 5.74) is 8.68. The van der Waals surface area contributed by atoms with Crippen molar-refractivity contribution in [3.63, 3.8) is 0 Å². The molecule has 3 rings (SSSR count). The highest BCUT2D eigenvalue weighted by molar-refractivity contribution is 7.93. The highest BCUT2D eigenvalue weighted by Crippen LogP contribution is 2.26. The van der Waals surface area contributed by atoms with Crippen LogP contribution in [-0.2, 0) is 0 Å². The molecule has 3 heterocycles. The quantitative estimate of drug-likeness (QED) is 0.431. The van der Waals surface area contributed by atoms with Gasteiger partial charge in [-0.15, -0.1) is 3.89 Å². The Morgan fingerprint density at radius 2 is 2.15 bits per heavy atom. The topological polar surface area (TPSA) is 92.4 Å². The predicted molar refractivity (Wildman–Crippen MR) is 96.9 cm³/mol. The van der Waals surface area contributed by atoms with Crippen LogP contribution in [0, 0.1) is 17.3 Å². The van der Waals surface area contributed by atoms with Crippen LogP contribution >= 0.6 is 12.3 Å². The Labute approximate surface area is 152 Å². The zero-order valence-corrected chi connectivity index (χ0v) is 14.3. The molecule has 9 heteroatoms. The van der Waals surface area contributed by atoms with E-state index in [2.05, 4.69) is 14.4 Å². The lowest BCUT2D eigenvalue weighted by molar-refractivity contribution is 0.582. The van der Waals surface area contributed by atoms with Crippen LogP contribution in [0.1, 0.15) is 23.9 Å². The van der Waals surface area contributed by atoms with Crippen molar-refractivity contribution in [2.45, 2.75) is 6.92 Å². The monoisotopic (exact) mass is 370 g/mol. The van der Waals surface area contributed by atoms with Gasteiger partial charge in [-0.3, -0.25) is 4.40 Å². The molecule has 6 nitrogen and oxygen atoms in total. The molecule has 3 aromatic heterocycles. The van der Waals surface area contributed by atoms with E-state index in [4.69, 9.17) is 5.73 Å². The van der Waals surface area contributed by atoms with Gasteiger partial charge in [-0.2, -0.15) is 14.1 Å². The van der Waals surface area contributed by atoms with E-state index < -0.39 is 5.95 Å². The predicted octanol–water partition coefficient (Wildman–Crippen LogP) is 3.56. The molecule has 0 saturated carbocycles. The van der Waals surface area contributed by atoms with Gasteiger partial charge in [0.2, 0.25) is 5.95 Å². The fourth-order valence-corrected chi connectivity index (χ4v) is 2.75. The van der Waals surface area contributed by atoms with E-state index in [-0.39, 0.29) is 23.7 Å². The SMILES string of the molecule is CC(=NSF)C(=C(N)c1cccc(F)n1)c1ccc2ncc(C#N)n2c1. The standard InChI is InChI=1S/C17H12F2N6S/c1-10(24-26-19)16(17(21)13-3-2-4-14(18)23-13)11-5-6-15-22-8-12(7-20)25(15)9-11/h2-6,8-9H,21H2,1H3. The smallest absolute Gasteiger partial charge is 0.213 e. The number of nitriles is 1. The molecule has 0 atom stereocenters. The molecule has 0 spiro atoms. The summed E-state index contributed by atoms with van der Waals surface area (Å²) >= 11 is -0.206. The van der Waals surface area contributed by atoms with Crippen molar-refractivity contribution in [3.05, 3.63) is 65.6 Å². The molecule has 130 valence electrons. The minimum Gasteiger partial charge on any atom is -0.396 e. The van der Waals surface area contributed by atoms with Gasteiger partial charge >= 0.3 is 0 Å². The Hall–Kier alpha value is -3.25. The molecular formula is C17H12F2N6S. The maximum absolute atomic E-state index is 13.5. The lowest BCUT2D eigenvalue weighted by Gasteiger charge is -2.12. The lowest BCUT2D eigenvalue weighted by Crippen LogP contribution is -2.10. The second-order valence-corrected chi connectivity index (χ2v) is 5.60. The van der Waals surface area contributed by atoms with Crippen molar-refractivity contribution in [2.24, 2.45) is 10.1 Å². The van der Waals surface area contributed by atoms with Crippen LogP contribution in [0.25, 0.3) is 16.9 Å². The van der Waals surface area contributed by atoms with Crippen molar-refractivity contribution in [3.8, 4) is 6.07 Å². The van der Waals surface area contributed by atoms with Crippen LogP contribution in [0.15, 0.2) is 47.1 Å². The van der Waals surface area contributed by atoms with E-state index >= 15 is 0 Å². The molecule has 0 fully saturated rings. The normalized spacial score (nSPS) is 12.8. The van der Waals surface area contributed by atoms with Crippen molar-refractivity contribution in [2.75, 3.05) is 0 Å². The highest BCUT2D eigenvalue weighted by Gasteiger charge is 2.16. The van der Waals surface area contributed by atoms with Crippen LogP contribution in [0.5, 0.6) is 0 Å². The fraction of sp³-hybridized carbons (Fsp3) is 0.0588. The minimum absolute atomic E-state index is 0.137. The number of aromatic nitrogens is 3. The average Bonchev–Trinajstić information content (AvgIpc) is 3.04. The highest BCUT2D eigenvalue weighted by atomic mass is 32.2. The number of hydrogen-bond donors (Lipinski definition) is 1. The number of hydrogen-bond acceptors (Lipinski definition) is 6. The number of nitrogens with zero attached hydrogens (tertiary/aromatic N) is 5. The molecule has 3 aromatic rings. The van der Waals surface area contributed by atoms with Crippen molar-refractivity contribution in [1.29, 1.82) is 5.26 Å². The Bertz CT molecular complexity index is 1080. The van der Waals surface area contributed by atoms with Crippen molar-refractivity contribution in [1.82, 2.24) is 14.4 Å². The van der Waals surface area contributed by atoms with Gasteiger partial charge in [0.05, 0.1) is 23.3 Å². The molecule has 0 bridgehead atoms. The molecule has 0 radical (unpaired) electrons. The molecule has 0 aliphatic heterocycles. The van der Waals surface area contributed by atoms with E-state index in [9.17, 15) is 13.5 Å². The second-order valence-electron chi connectivity index (χ2n) is 5.28. The van der Waals surface area contributed by atoms with Crippen molar-refractivity contribution < 1.29 is 8.28 Å². The van der Waals surface area contributed by atoms with Crippen LogP contribution < -0.4 is 5.73 Å². The first-order valence-electron chi connectivity index (χ1n) is 7.38. The van der Waals surface area contributed by atoms with E-state index in [0.29, 0.717) is 28.2 Å². The van der Waals surface area contributed by atoms with Crippen molar-refractivity contribution >= 4 is 35.0 Å². The zero-order chi connectivity index (χ0) is 18.7. The summed E-state index contributed by atoms with van der Waals surface area (Å²) in [7, 11) is 0. The second kappa shape index (κ2) is 7.33. The van der Waals surface area contributed by atoms with Gasteiger partial charge in [-0.1, -0.05) is 6.07 Å².